The van der Waals surface area contributed by atoms with Crippen molar-refractivity contribution < 1.29 is 51.0 Å². The molecule has 1 heterocycles. The first-order chi connectivity index (χ1) is 6.77. The molecule has 0 unspecified atom stereocenters. The Bertz CT molecular complexity index is 359. The molecule has 0 saturated heterocycles. The average molecular weight is 347 g/mol. The van der Waals surface area contributed by atoms with Gasteiger partial charge in [-0.15, -0.1) is 12.4 Å². The maximum Gasteiger partial charge on any atom is 4.00 e. The number of halogens is 2. The van der Waals surface area contributed by atoms with Gasteiger partial charge in [0.2, 0.25) is 0 Å². The van der Waals surface area contributed by atoms with Gasteiger partial charge in [-0.2, -0.15) is 28.3 Å². The second-order valence-corrected chi connectivity index (χ2v) is 3.80. The Morgan fingerprint density at radius 3 is 2.18 bits per heavy atom. The molecule has 3 rings (SSSR count). The van der Waals surface area contributed by atoms with Crippen molar-refractivity contribution in [2.45, 2.75) is 26.7 Å². The average Bonchev–Trinajstić information content (AvgIpc) is 2.63. The van der Waals surface area contributed by atoms with Gasteiger partial charge in [0.25, 0.3) is 0 Å². The maximum atomic E-state index is 2.94. The molecule has 0 fully saturated rings. The van der Waals surface area contributed by atoms with Gasteiger partial charge in [-0.05, 0) is 0 Å². The van der Waals surface area contributed by atoms with Crippen molar-refractivity contribution in [1.29, 1.82) is 0 Å². The molecule has 0 saturated carbocycles. The van der Waals surface area contributed by atoms with E-state index in [2.05, 4.69) is 36.3 Å². The summed E-state index contributed by atoms with van der Waals surface area (Å²) in [5.74, 6) is 0. The fraction of sp³-hybridized carbons (Fsp3) is 0.308. The molecular weight excluding hydrogens is 332 g/mol. The van der Waals surface area contributed by atoms with Crippen LogP contribution in [0.15, 0.2) is 24.4 Å². The Morgan fingerprint density at radius 1 is 1.29 bits per heavy atom. The van der Waals surface area contributed by atoms with Crippen molar-refractivity contribution >= 4 is 0 Å². The van der Waals surface area contributed by atoms with Crippen LogP contribution in [0.3, 0.4) is 0 Å². The van der Waals surface area contributed by atoms with E-state index in [4.69, 9.17) is 0 Å². The van der Waals surface area contributed by atoms with Crippen molar-refractivity contribution in [1.82, 2.24) is 4.98 Å². The summed E-state index contributed by atoms with van der Waals surface area (Å²) in [4.78, 5) is 2.87. The molecule has 2 aromatic rings. The van der Waals surface area contributed by atoms with E-state index >= 15 is 0 Å². The van der Waals surface area contributed by atoms with Crippen LogP contribution < -0.4 is 24.8 Å². The monoisotopic (exact) mass is 345 g/mol. The van der Waals surface area contributed by atoms with E-state index in [1.165, 1.54) is 24.0 Å². The second kappa shape index (κ2) is 9.08. The van der Waals surface area contributed by atoms with Gasteiger partial charge in [0, 0.05) is 0 Å². The molecule has 1 aromatic carbocycles. The third-order valence-electron chi connectivity index (χ3n) is 2.81. The largest absolute Gasteiger partial charge is 4.00 e. The summed E-state index contributed by atoms with van der Waals surface area (Å²) < 4.78 is 0. The van der Waals surface area contributed by atoms with E-state index in [-0.39, 0.29) is 51.0 Å². The Labute approximate surface area is 135 Å². The van der Waals surface area contributed by atoms with E-state index in [1.807, 2.05) is 13.1 Å². The summed E-state index contributed by atoms with van der Waals surface area (Å²) in [6.45, 7) is 4.09. The summed E-state index contributed by atoms with van der Waals surface area (Å²) in [6.07, 6.45) is 7.53. The SMILES string of the molecule is Cc1[c-][nH]cc1C.[Cl-].[Cl-].[Zr+4].c1cc2[c-](c1)CC2. The number of aromatic amines is 1. The number of fused-ring (bicyclic) bond motifs is 1. The zero-order valence-electron chi connectivity index (χ0n) is 9.98. The minimum absolute atomic E-state index is 0. The number of hydrogen-bond donors (Lipinski definition) is 1. The summed E-state index contributed by atoms with van der Waals surface area (Å²) in [5.41, 5.74) is 5.63. The van der Waals surface area contributed by atoms with Gasteiger partial charge in [0.1, 0.15) is 0 Å². The quantitative estimate of drug-likeness (QED) is 0.488. The molecule has 1 aromatic heterocycles. The third kappa shape index (κ3) is 5.08. The molecule has 0 amide bonds. The molecule has 1 aliphatic rings. The number of H-pyrrole nitrogens is 1. The number of hydrogen-bond acceptors (Lipinski definition) is 0. The minimum Gasteiger partial charge on any atom is -1.00 e. The van der Waals surface area contributed by atoms with Crippen molar-refractivity contribution in [2.75, 3.05) is 0 Å². The van der Waals surface area contributed by atoms with E-state index in [9.17, 15) is 0 Å². The molecule has 1 N–H and O–H groups in total. The molecule has 17 heavy (non-hydrogen) atoms. The van der Waals surface area contributed by atoms with Crippen LogP contribution in [-0.4, -0.2) is 4.98 Å². The van der Waals surface area contributed by atoms with Crippen molar-refractivity contribution in [3.63, 3.8) is 0 Å². The summed E-state index contributed by atoms with van der Waals surface area (Å²) in [7, 11) is 0. The van der Waals surface area contributed by atoms with E-state index in [1.54, 1.807) is 11.1 Å². The summed E-state index contributed by atoms with van der Waals surface area (Å²) in [5, 5.41) is 0. The molecule has 1 aliphatic carbocycles. The van der Waals surface area contributed by atoms with Gasteiger partial charge < -0.3 is 29.8 Å². The van der Waals surface area contributed by atoms with Gasteiger partial charge in [0.15, 0.2) is 0 Å². The first kappa shape index (κ1) is 19.4. The fourth-order valence-corrected chi connectivity index (χ4v) is 1.53. The van der Waals surface area contributed by atoms with Crippen LogP contribution >= 0.6 is 0 Å². The molecule has 0 radical (unpaired) electrons. The van der Waals surface area contributed by atoms with E-state index < -0.39 is 0 Å². The topological polar surface area (TPSA) is 15.8 Å². The van der Waals surface area contributed by atoms with Gasteiger partial charge >= 0.3 is 26.2 Å². The number of aryl methyl sites for hydroxylation is 4. The molecule has 0 atom stereocenters. The van der Waals surface area contributed by atoms with Crippen molar-refractivity contribution in [3.8, 4) is 0 Å². The minimum atomic E-state index is 0. The Hall–Kier alpha value is 0.0931. The number of rotatable bonds is 0. The van der Waals surface area contributed by atoms with Crippen LogP contribution in [0.25, 0.3) is 0 Å². The predicted molar refractivity (Wildman–Crippen MR) is 58.5 cm³/mol. The van der Waals surface area contributed by atoms with Gasteiger partial charge in [-0.3, -0.25) is 0 Å². The Balaban J connectivity index is 0. The van der Waals surface area contributed by atoms with E-state index in [0.717, 1.165) is 0 Å². The fourth-order valence-electron chi connectivity index (χ4n) is 1.53. The molecule has 0 spiro atoms. The van der Waals surface area contributed by atoms with Gasteiger partial charge in [-0.25, -0.2) is 12.1 Å². The zero-order valence-corrected chi connectivity index (χ0v) is 13.9. The van der Waals surface area contributed by atoms with Crippen LogP contribution in [0, 0.1) is 20.0 Å². The molecule has 4 heteroatoms. The molecule has 90 valence electrons. The first-order valence-corrected chi connectivity index (χ1v) is 5.03. The normalized spacial score (nSPS) is 10.2. The summed E-state index contributed by atoms with van der Waals surface area (Å²) in [6, 6.07) is 6.55. The Morgan fingerprint density at radius 2 is 2.00 bits per heavy atom. The number of nitrogens with one attached hydrogen (secondary N) is 1. The van der Waals surface area contributed by atoms with E-state index in [0.29, 0.717) is 0 Å². The Kier molecular flexibility index (Phi) is 10.4. The zero-order chi connectivity index (χ0) is 9.97. The van der Waals surface area contributed by atoms with Gasteiger partial charge in [-0.1, -0.05) is 26.7 Å². The van der Waals surface area contributed by atoms with Crippen LogP contribution in [0.4, 0.5) is 0 Å². The van der Waals surface area contributed by atoms with Crippen LogP contribution in [0.2, 0.25) is 0 Å². The molecule has 1 nitrogen and oxygen atoms in total. The second-order valence-electron chi connectivity index (χ2n) is 3.80. The van der Waals surface area contributed by atoms with Crippen LogP contribution in [0.1, 0.15) is 22.3 Å². The van der Waals surface area contributed by atoms with Crippen molar-refractivity contribution in [3.05, 3.63) is 52.8 Å². The van der Waals surface area contributed by atoms with Gasteiger partial charge in [0.05, 0.1) is 0 Å². The van der Waals surface area contributed by atoms with Crippen LogP contribution in [-0.2, 0) is 39.0 Å². The number of aromatic nitrogens is 1. The standard InChI is InChI=1S/C7H7.C6H8N.2ClH.Zr/c1-2-6-4-5-7(6)3-1;1-5-3-7-4-6(5)2;;;/h1-3H,4-5H2;3,7H,1-2H3;2*1H;/q2*-1;;;+4/p-2. The van der Waals surface area contributed by atoms with Crippen LogP contribution in [0.5, 0.6) is 0 Å². The first-order valence-electron chi connectivity index (χ1n) is 5.03. The third-order valence-corrected chi connectivity index (χ3v) is 2.81. The molecule has 0 aliphatic heterocycles. The maximum absolute atomic E-state index is 2.94. The predicted octanol–water partition coefficient (Wildman–Crippen LogP) is -3.06. The van der Waals surface area contributed by atoms with Crippen molar-refractivity contribution in [2.24, 2.45) is 0 Å². The molecular formula is C13H15Cl2NZr. The summed E-state index contributed by atoms with van der Waals surface area (Å²) >= 11 is 0. The smallest absolute Gasteiger partial charge is 1.00 e. The molecule has 0 bridgehead atoms.